The van der Waals surface area contributed by atoms with Gasteiger partial charge in [0.1, 0.15) is 5.56 Å². The van der Waals surface area contributed by atoms with Gasteiger partial charge in [-0.25, -0.2) is 0 Å². The number of aromatic nitrogens is 1. The lowest BCUT2D eigenvalue weighted by Gasteiger charge is -2.18. The lowest BCUT2D eigenvalue weighted by Crippen LogP contribution is -2.32. The normalized spacial score (nSPS) is 11.6. The molecular weight excluding hydrogens is 368 g/mol. The van der Waals surface area contributed by atoms with Crippen LogP contribution in [0.5, 0.6) is 11.5 Å². The van der Waals surface area contributed by atoms with Crippen LogP contribution < -0.4 is 20.3 Å². The van der Waals surface area contributed by atoms with E-state index >= 15 is 0 Å². The van der Waals surface area contributed by atoms with Gasteiger partial charge in [-0.2, -0.15) is 0 Å². The molecule has 1 unspecified atom stereocenters. The number of hydrogen-bond acceptors (Lipinski definition) is 4. The predicted octanol–water partition coefficient (Wildman–Crippen LogP) is 4.04. The number of hydrogen-bond donors (Lipinski definition) is 1. The highest BCUT2D eigenvalue weighted by molar-refractivity contribution is 6.06. The molecule has 0 bridgehead atoms. The molecule has 1 aromatic heterocycles. The summed E-state index contributed by atoms with van der Waals surface area (Å²) in [7, 11) is 3.02. The quantitative estimate of drug-likeness (QED) is 0.687. The highest BCUT2D eigenvalue weighted by Gasteiger charge is 2.20. The summed E-state index contributed by atoms with van der Waals surface area (Å²) < 4.78 is 12.2. The van der Waals surface area contributed by atoms with E-state index in [1.807, 2.05) is 37.3 Å². The third-order valence-electron chi connectivity index (χ3n) is 4.91. The first-order valence-corrected chi connectivity index (χ1v) is 9.27. The third kappa shape index (κ3) is 4.01. The van der Waals surface area contributed by atoms with E-state index in [1.54, 1.807) is 42.0 Å². The van der Waals surface area contributed by atoms with Gasteiger partial charge in [0.05, 0.1) is 25.9 Å². The van der Waals surface area contributed by atoms with Crippen molar-refractivity contribution in [1.82, 2.24) is 4.57 Å². The molecule has 6 nitrogen and oxygen atoms in total. The Bertz CT molecular complexity index is 1070. The van der Waals surface area contributed by atoms with Crippen LogP contribution in [0.15, 0.2) is 65.6 Å². The second-order valence-electron chi connectivity index (χ2n) is 6.67. The first kappa shape index (κ1) is 20.2. The molecule has 1 atom stereocenters. The van der Waals surface area contributed by atoms with E-state index in [-0.39, 0.29) is 17.2 Å². The molecule has 150 valence electrons. The number of benzene rings is 2. The molecule has 0 saturated heterocycles. The zero-order valence-electron chi connectivity index (χ0n) is 16.9. The first-order chi connectivity index (χ1) is 14.0. The Morgan fingerprint density at radius 3 is 2.38 bits per heavy atom. The monoisotopic (exact) mass is 392 g/mol. The van der Waals surface area contributed by atoms with E-state index in [1.165, 1.54) is 14.2 Å². The van der Waals surface area contributed by atoms with Crippen molar-refractivity contribution >= 4 is 11.6 Å². The molecule has 0 aliphatic heterocycles. The van der Waals surface area contributed by atoms with Crippen LogP contribution >= 0.6 is 0 Å². The van der Waals surface area contributed by atoms with Crippen LogP contribution in [0.1, 0.15) is 34.5 Å². The second-order valence-corrected chi connectivity index (χ2v) is 6.67. The van der Waals surface area contributed by atoms with Crippen LogP contribution in [0.25, 0.3) is 0 Å². The zero-order valence-corrected chi connectivity index (χ0v) is 16.9. The van der Waals surface area contributed by atoms with Crippen LogP contribution in [0.2, 0.25) is 0 Å². The van der Waals surface area contributed by atoms with Crippen LogP contribution in [-0.2, 0) is 0 Å². The first-order valence-electron chi connectivity index (χ1n) is 9.27. The van der Waals surface area contributed by atoms with E-state index in [9.17, 15) is 9.59 Å². The number of nitrogens with one attached hydrogen (secondary N) is 1. The molecule has 1 amide bonds. The molecule has 6 heteroatoms. The van der Waals surface area contributed by atoms with Gasteiger partial charge in [-0.15, -0.1) is 0 Å². The van der Waals surface area contributed by atoms with E-state index in [4.69, 9.17) is 9.47 Å². The van der Waals surface area contributed by atoms with Gasteiger partial charge in [-0.05, 0) is 43.2 Å². The average molecular weight is 392 g/mol. The fraction of sp³-hybridized carbons (Fsp3) is 0.217. The van der Waals surface area contributed by atoms with Gasteiger partial charge >= 0.3 is 0 Å². The molecule has 3 aromatic rings. The fourth-order valence-corrected chi connectivity index (χ4v) is 3.28. The molecule has 0 fully saturated rings. The maximum absolute atomic E-state index is 13.2. The number of aryl methyl sites for hydroxylation is 1. The van der Waals surface area contributed by atoms with Gasteiger partial charge in [-0.3, -0.25) is 9.59 Å². The topological polar surface area (TPSA) is 69.6 Å². The fourth-order valence-electron chi connectivity index (χ4n) is 3.28. The summed E-state index contributed by atoms with van der Waals surface area (Å²) >= 11 is 0. The Balaban J connectivity index is 1.99. The predicted molar refractivity (Wildman–Crippen MR) is 113 cm³/mol. The van der Waals surface area contributed by atoms with Gasteiger partial charge in [0, 0.05) is 6.20 Å². The van der Waals surface area contributed by atoms with Gasteiger partial charge in [-0.1, -0.05) is 36.4 Å². The number of ether oxygens (including phenoxy) is 2. The van der Waals surface area contributed by atoms with E-state index in [2.05, 4.69) is 5.32 Å². The van der Waals surface area contributed by atoms with Crippen molar-refractivity contribution in [2.45, 2.75) is 19.9 Å². The van der Waals surface area contributed by atoms with Gasteiger partial charge < -0.3 is 19.4 Å². The minimum Gasteiger partial charge on any atom is -0.493 e. The van der Waals surface area contributed by atoms with Crippen molar-refractivity contribution in [3.8, 4) is 11.5 Å². The van der Waals surface area contributed by atoms with Gasteiger partial charge in [0.15, 0.2) is 11.5 Å². The maximum Gasteiger partial charge on any atom is 0.264 e. The Morgan fingerprint density at radius 1 is 1.00 bits per heavy atom. The Kier molecular flexibility index (Phi) is 6.02. The highest BCUT2D eigenvalue weighted by Crippen LogP contribution is 2.34. The van der Waals surface area contributed by atoms with Crippen LogP contribution in [-0.4, -0.2) is 24.7 Å². The van der Waals surface area contributed by atoms with E-state index < -0.39 is 5.91 Å². The second kappa shape index (κ2) is 8.65. The number of para-hydroxylation sites is 1. The number of carbonyl (C=O) groups is 1. The van der Waals surface area contributed by atoms with Crippen molar-refractivity contribution in [2.24, 2.45) is 0 Å². The molecule has 0 aliphatic rings. The number of amides is 1. The van der Waals surface area contributed by atoms with Crippen molar-refractivity contribution in [1.29, 1.82) is 0 Å². The molecular formula is C23H24N2O4. The standard InChI is InChI=1S/C23H24N2O4/c1-15-13-14-25(16(2)17-9-6-5-7-10-17)23(27)20(15)22(26)24-18-11-8-12-19(28-3)21(18)29-4/h5-14,16H,1-4H3,(H,24,26). The molecule has 1 N–H and O–H groups in total. The molecule has 0 radical (unpaired) electrons. The smallest absolute Gasteiger partial charge is 0.264 e. The minimum absolute atomic E-state index is 0.0974. The number of methoxy groups -OCH3 is 2. The SMILES string of the molecule is COc1cccc(NC(=O)c2c(C)ccn(C(C)c3ccccc3)c2=O)c1OC. The summed E-state index contributed by atoms with van der Waals surface area (Å²) in [6, 6.07) is 16.4. The summed E-state index contributed by atoms with van der Waals surface area (Å²) in [5.74, 6) is 0.397. The highest BCUT2D eigenvalue weighted by atomic mass is 16.5. The summed E-state index contributed by atoms with van der Waals surface area (Å²) in [5.41, 5.74) is 1.77. The molecule has 0 spiro atoms. The molecule has 1 heterocycles. The van der Waals surface area contributed by atoms with Crippen molar-refractivity contribution < 1.29 is 14.3 Å². The van der Waals surface area contributed by atoms with Crippen LogP contribution in [0.4, 0.5) is 5.69 Å². The number of nitrogens with zero attached hydrogens (tertiary/aromatic N) is 1. The maximum atomic E-state index is 13.2. The summed E-state index contributed by atoms with van der Waals surface area (Å²) in [5, 5.41) is 2.78. The van der Waals surface area contributed by atoms with Crippen molar-refractivity contribution in [3.63, 3.8) is 0 Å². The Labute approximate surface area is 169 Å². The molecule has 0 saturated carbocycles. The third-order valence-corrected chi connectivity index (χ3v) is 4.91. The molecule has 2 aromatic carbocycles. The zero-order chi connectivity index (χ0) is 21.0. The Hall–Kier alpha value is -3.54. The minimum atomic E-state index is -0.492. The number of pyridine rings is 1. The van der Waals surface area contributed by atoms with Crippen LogP contribution in [0.3, 0.4) is 0 Å². The summed E-state index contributed by atoms with van der Waals surface area (Å²) in [4.78, 5) is 26.2. The molecule has 3 rings (SSSR count). The van der Waals surface area contributed by atoms with E-state index in [0.29, 0.717) is 22.7 Å². The lowest BCUT2D eigenvalue weighted by molar-refractivity contribution is 0.102. The van der Waals surface area contributed by atoms with Crippen molar-refractivity contribution in [3.05, 3.63) is 87.8 Å². The number of anilines is 1. The van der Waals surface area contributed by atoms with Gasteiger partial charge in [0.2, 0.25) is 0 Å². The van der Waals surface area contributed by atoms with Crippen LogP contribution in [0, 0.1) is 6.92 Å². The molecule has 29 heavy (non-hydrogen) atoms. The number of rotatable bonds is 6. The van der Waals surface area contributed by atoms with E-state index in [0.717, 1.165) is 5.56 Å². The largest absolute Gasteiger partial charge is 0.493 e. The lowest BCUT2D eigenvalue weighted by atomic mass is 10.1. The van der Waals surface area contributed by atoms with Gasteiger partial charge in [0.25, 0.3) is 11.5 Å². The number of carbonyl (C=O) groups excluding carboxylic acids is 1. The average Bonchev–Trinajstić information content (AvgIpc) is 2.73. The van der Waals surface area contributed by atoms with Crippen molar-refractivity contribution in [2.75, 3.05) is 19.5 Å². The summed E-state index contributed by atoms with van der Waals surface area (Å²) in [6.45, 7) is 3.68. The summed E-state index contributed by atoms with van der Waals surface area (Å²) in [6.07, 6.45) is 1.72. The Morgan fingerprint density at radius 2 is 1.72 bits per heavy atom. The molecule has 0 aliphatic carbocycles.